The molecule has 3 amide bonds. The van der Waals surface area contributed by atoms with Crippen LogP contribution in [0.2, 0.25) is 0 Å². The molecule has 1 N–H and O–H groups in total. The zero-order valence-corrected chi connectivity index (χ0v) is 9.50. The minimum Gasteiger partial charge on any atom is -0.278 e. The average molecular weight is 258 g/mol. The van der Waals surface area contributed by atoms with E-state index >= 15 is 0 Å². The standard InChI is InChI=1S/C10H9ClFN3O2/c11-5-6-1-3-13-9(8(6)12)15-4-2-7(16)14-10(15)17/h1,3H,2,4-5H2,(H,14,16,17). The van der Waals surface area contributed by atoms with Gasteiger partial charge >= 0.3 is 6.03 Å². The Hall–Kier alpha value is -1.69. The van der Waals surface area contributed by atoms with Crippen LogP contribution >= 0.6 is 11.6 Å². The molecule has 0 bridgehead atoms. The molecule has 0 radical (unpaired) electrons. The normalized spacial score (nSPS) is 16.0. The summed E-state index contributed by atoms with van der Waals surface area (Å²) in [5, 5.41) is 2.10. The molecular formula is C10H9ClFN3O2. The zero-order chi connectivity index (χ0) is 12.4. The third kappa shape index (κ3) is 2.21. The number of imide groups is 1. The van der Waals surface area contributed by atoms with Crippen LogP contribution in [0.5, 0.6) is 0 Å². The van der Waals surface area contributed by atoms with Crippen LogP contribution in [0.1, 0.15) is 12.0 Å². The second kappa shape index (κ2) is 4.67. The number of carbonyl (C=O) groups excluding carboxylic acids is 2. The Kier molecular flexibility index (Phi) is 3.23. The molecule has 1 aromatic heterocycles. The van der Waals surface area contributed by atoms with Crippen molar-refractivity contribution in [3.05, 3.63) is 23.6 Å². The van der Waals surface area contributed by atoms with Gasteiger partial charge in [0.05, 0.1) is 5.88 Å². The van der Waals surface area contributed by atoms with Crippen molar-refractivity contribution >= 4 is 29.4 Å². The van der Waals surface area contributed by atoms with E-state index < -0.39 is 11.8 Å². The SMILES string of the molecule is O=C1CCN(c2nccc(CCl)c2F)C(=O)N1. The molecular weight excluding hydrogens is 249 g/mol. The van der Waals surface area contributed by atoms with E-state index in [9.17, 15) is 14.0 Å². The molecule has 90 valence electrons. The predicted octanol–water partition coefficient (Wildman–Crippen LogP) is 1.41. The highest BCUT2D eigenvalue weighted by Crippen LogP contribution is 2.22. The molecule has 17 heavy (non-hydrogen) atoms. The second-order valence-electron chi connectivity index (χ2n) is 3.50. The van der Waals surface area contributed by atoms with Gasteiger partial charge in [-0.05, 0) is 6.07 Å². The van der Waals surface area contributed by atoms with E-state index in [1.165, 1.54) is 12.3 Å². The minimum absolute atomic E-state index is 0.00422. The smallest absolute Gasteiger partial charge is 0.278 e. The summed E-state index contributed by atoms with van der Waals surface area (Å²) < 4.78 is 13.9. The van der Waals surface area contributed by atoms with Crippen LogP contribution in [-0.4, -0.2) is 23.5 Å². The van der Waals surface area contributed by atoms with Crippen LogP contribution in [0.3, 0.4) is 0 Å². The highest BCUT2D eigenvalue weighted by atomic mass is 35.5. The first-order chi connectivity index (χ1) is 8.13. The Morgan fingerprint density at radius 2 is 2.29 bits per heavy atom. The van der Waals surface area contributed by atoms with Crippen molar-refractivity contribution in [3.8, 4) is 0 Å². The summed E-state index contributed by atoms with van der Waals surface area (Å²) in [5.74, 6) is -1.12. The Bertz CT molecular complexity index is 481. The largest absolute Gasteiger partial charge is 0.329 e. The van der Waals surface area contributed by atoms with Crippen LogP contribution in [0.15, 0.2) is 12.3 Å². The summed E-state index contributed by atoms with van der Waals surface area (Å²) in [5.41, 5.74) is 0.265. The number of aromatic nitrogens is 1. The molecule has 0 saturated carbocycles. The van der Waals surface area contributed by atoms with Crippen molar-refractivity contribution in [1.82, 2.24) is 10.3 Å². The number of halogens is 2. The van der Waals surface area contributed by atoms with Gasteiger partial charge in [0.15, 0.2) is 11.6 Å². The molecule has 0 atom stereocenters. The van der Waals surface area contributed by atoms with E-state index in [2.05, 4.69) is 10.3 Å². The first kappa shape index (κ1) is 11.8. The lowest BCUT2D eigenvalue weighted by Gasteiger charge is -2.26. The minimum atomic E-state index is -0.667. The first-order valence-electron chi connectivity index (χ1n) is 4.94. The quantitative estimate of drug-likeness (QED) is 0.815. The predicted molar refractivity (Wildman–Crippen MR) is 59.3 cm³/mol. The van der Waals surface area contributed by atoms with E-state index in [0.29, 0.717) is 0 Å². The summed E-state index contributed by atoms with van der Waals surface area (Å²) >= 11 is 5.56. The van der Waals surface area contributed by atoms with Crippen molar-refractivity contribution in [2.75, 3.05) is 11.4 Å². The number of amides is 3. The fraction of sp³-hybridized carbons (Fsp3) is 0.300. The number of rotatable bonds is 2. The number of alkyl halides is 1. The molecule has 0 aliphatic carbocycles. The van der Waals surface area contributed by atoms with Crippen LogP contribution < -0.4 is 10.2 Å². The molecule has 0 spiro atoms. The fourth-order valence-corrected chi connectivity index (χ4v) is 1.74. The molecule has 2 heterocycles. The molecule has 7 heteroatoms. The summed E-state index contributed by atoms with van der Waals surface area (Å²) in [6.07, 6.45) is 1.50. The average Bonchev–Trinajstić information content (AvgIpc) is 2.30. The van der Waals surface area contributed by atoms with Gasteiger partial charge in [-0.1, -0.05) is 0 Å². The van der Waals surface area contributed by atoms with E-state index in [4.69, 9.17) is 11.6 Å². The lowest BCUT2D eigenvalue weighted by molar-refractivity contribution is -0.120. The summed E-state index contributed by atoms with van der Waals surface area (Å²) in [7, 11) is 0. The summed E-state index contributed by atoms with van der Waals surface area (Å²) in [6.45, 7) is 0.111. The van der Waals surface area contributed by atoms with Crippen LogP contribution in [0, 0.1) is 5.82 Å². The van der Waals surface area contributed by atoms with Gasteiger partial charge in [0.1, 0.15) is 0 Å². The fourth-order valence-electron chi connectivity index (χ4n) is 1.53. The topological polar surface area (TPSA) is 62.3 Å². The van der Waals surface area contributed by atoms with Gasteiger partial charge in [0.2, 0.25) is 5.91 Å². The van der Waals surface area contributed by atoms with Gasteiger partial charge in [-0.25, -0.2) is 14.2 Å². The molecule has 1 aliphatic heterocycles. The maximum absolute atomic E-state index is 13.9. The molecule has 0 aromatic carbocycles. The Labute approximate surface area is 102 Å². The van der Waals surface area contributed by atoms with Gasteiger partial charge < -0.3 is 0 Å². The number of anilines is 1. The molecule has 1 fully saturated rings. The number of hydrogen-bond donors (Lipinski definition) is 1. The maximum atomic E-state index is 13.9. The van der Waals surface area contributed by atoms with Crippen molar-refractivity contribution in [2.24, 2.45) is 0 Å². The van der Waals surface area contributed by atoms with Crippen LogP contribution in [-0.2, 0) is 10.7 Å². The van der Waals surface area contributed by atoms with Crippen molar-refractivity contribution in [1.29, 1.82) is 0 Å². The number of nitrogens with one attached hydrogen (secondary N) is 1. The number of hydrogen-bond acceptors (Lipinski definition) is 3. The second-order valence-corrected chi connectivity index (χ2v) is 3.76. The van der Waals surface area contributed by atoms with Crippen molar-refractivity contribution in [2.45, 2.75) is 12.3 Å². The van der Waals surface area contributed by atoms with Gasteiger partial charge in [0.25, 0.3) is 0 Å². The molecule has 5 nitrogen and oxygen atoms in total. The molecule has 0 unspecified atom stereocenters. The number of nitrogens with zero attached hydrogens (tertiary/aromatic N) is 2. The number of pyridine rings is 1. The van der Waals surface area contributed by atoms with Gasteiger partial charge in [-0.15, -0.1) is 11.6 Å². The van der Waals surface area contributed by atoms with Crippen LogP contribution in [0.4, 0.5) is 15.0 Å². The summed E-state index contributed by atoms with van der Waals surface area (Å²) in [4.78, 5) is 27.4. The molecule has 2 rings (SSSR count). The zero-order valence-electron chi connectivity index (χ0n) is 8.74. The van der Waals surface area contributed by atoms with Crippen molar-refractivity contribution < 1.29 is 14.0 Å². The van der Waals surface area contributed by atoms with Crippen molar-refractivity contribution in [3.63, 3.8) is 0 Å². The highest BCUT2D eigenvalue weighted by molar-refractivity contribution is 6.17. The third-order valence-electron chi connectivity index (χ3n) is 2.40. The first-order valence-corrected chi connectivity index (χ1v) is 5.47. The number of urea groups is 1. The van der Waals surface area contributed by atoms with Gasteiger partial charge in [0, 0.05) is 24.7 Å². The monoisotopic (exact) mass is 257 g/mol. The van der Waals surface area contributed by atoms with Gasteiger partial charge in [-0.2, -0.15) is 0 Å². The number of carbonyl (C=O) groups is 2. The Balaban J connectivity index is 2.34. The third-order valence-corrected chi connectivity index (χ3v) is 2.69. The van der Waals surface area contributed by atoms with E-state index in [1.54, 1.807) is 0 Å². The van der Waals surface area contributed by atoms with Gasteiger partial charge in [-0.3, -0.25) is 15.0 Å². The van der Waals surface area contributed by atoms with E-state index in [1.807, 2.05) is 0 Å². The van der Waals surface area contributed by atoms with Crippen LogP contribution in [0.25, 0.3) is 0 Å². The summed E-state index contributed by atoms with van der Waals surface area (Å²) in [6, 6.07) is 0.776. The lowest BCUT2D eigenvalue weighted by atomic mass is 10.2. The molecule has 1 aliphatic rings. The highest BCUT2D eigenvalue weighted by Gasteiger charge is 2.27. The van der Waals surface area contributed by atoms with E-state index in [-0.39, 0.29) is 36.1 Å². The lowest BCUT2D eigenvalue weighted by Crippen LogP contribution is -2.50. The Morgan fingerprint density at radius 3 is 2.94 bits per heavy atom. The van der Waals surface area contributed by atoms with E-state index in [0.717, 1.165) is 4.90 Å². The Morgan fingerprint density at radius 1 is 1.53 bits per heavy atom. The molecule has 1 aromatic rings. The molecule has 1 saturated heterocycles. The maximum Gasteiger partial charge on any atom is 0.329 e.